The summed E-state index contributed by atoms with van der Waals surface area (Å²) >= 11 is 0. The van der Waals surface area contributed by atoms with Gasteiger partial charge in [-0.1, -0.05) is 6.92 Å². The zero-order chi connectivity index (χ0) is 9.97. The minimum absolute atomic E-state index is 0.233. The van der Waals surface area contributed by atoms with Crippen molar-refractivity contribution in [2.45, 2.75) is 19.4 Å². The molecule has 4 nitrogen and oxygen atoms in total. The van der Waals surface area contributed by atoms with E-state index < -0.39 is 0 Å². The molecule has 2 atom stereocenters. The quantitative estimate of drug-likeness (QED) is 0.786. The van der Waals surface area contributed by atoms with Gasteiger partial charge in [-0.15, -0.1) is 0 Å². The molecule has 1 saturated heterocycles. The van der Waals surface area contributed by atoms with Crippen LogP contribution >= 0.6 is 0 Å². The highest BCUT2D eigenvalue weighted by molar-refractivity contribution is 5.68. The minimum atomic E-state index is -0.365. The van der Waals surface area contributed by atoms with E-state index in [1.54, 1.807) is 12.3 Å². The summed E-state index contributed by atoms with van der Waals surface area (Å²) in [5, 5.41) is 2.67. The number of alkyl carbamates (subject to hydrolysis) is 1. The van der Waals surface area contributed by atoms with Gasteiger partial charge < -0.3 is 14.5 Å². The Morgan fingerprint density at radius 1 is 1.64 bits per heavy atom. The van der Waals surface area contributed by atoms with Gasteiger partial charge in [-0.05, 0) is 18.6 Å². The fourth-order valence-corrected chi connectivity index (χ4v) is 1.68. The van der Waals surface area contributed by atoms with Crippen LogP contribution in [0.5, 0.6) is 0 Å². The standard InChI is InChI=1S/C10H13NO3/c1-2-7-6-11-10(12)14-9(7)8-4-3-5-13-8/h3-5,7,9H,2,6H2,1H3,(H,11,12)/t7-,9-/m1/s1. The number of amides is 1. The lowest BCUT2D eigenvalue weighted by Crippen LogP contribution is -2.40. The van der Waals surface area contributed by atoms with Gasteiger partial charge in [0, 0.05) is 12.5 Å². The van der Waals surface area contributed by atoms with Crippen molar-refractivity contribution in [3.05, 3.63) is 24.2 Å². The molecule has 1 aliphatic rings. The van der Waals surface area contributed by atoms with Gasteiger partial charge >= 0.3 is 6.09 Å². The highest BCUT2D eigenvalue weighted by atomic mass is 16.6. The Balaban J connectivity index is 2.17. The molecule has 1 aromatic heterocycles. The lowest BCUT2D eigenvalue weighted by atomic mass is 9.96. The van der Waals surface area contributed by atoms with Crippen LogP contribution < -0.4 is 5.32 Å². The third-order valence-corrected chi connectivity index (χ3v) is 2.52. The van der Waals surface area contributed by atoms with E-state index in [1.807, 2.05) is 6.07 Å². The lowest BCUT2D eigenvalue weighted by Gasteiger charge is -2.29. The molecule has 4 heteroatoms. The van der Waals surface area contributed by atoms with Crippen molar-refractivity contribution in [1.82, 2.24) is 5.32 Å². The first-order chi connectivity index (χ1) is 6.81. The molecule has 2 rings (SSSR count). The van der Waals surface area contributed by atoms with Crippen molar-refractivity contribution in [3.8, 4) is 0 Å². The second-order valence-corrected chi connectivity index (χ2v) is 3.39. The van der Waals surface area contributed by atoms with E-state index in [4.69, 9.17) is 9.15 Å². The molecular weight excluding hydrogens is 182 g/mol. The third-order valence-electron chi connectivity index (χ3n) is 2.52. The summed E-state index contributed by atoms with van der Waals surface area (Å²) in [7, 11) is 0. The number of nitrogens with one attached hydrogen (secondary N) is 1. The minimum Gasteiger partial charge on any atom is -0.465 e. The molecule has 2 heterocycles. The van der Waals surface area contributed by atoms with Crippen LogP contribution in [-0.2, 0) is 4.74 Å². The molecule has 1 N–H and O–H groups in total. The summed E-state index contributed by atoms with van der Waals surface area (Å²) in [6.07, 6.45) is 1.95. The van der Waals surface area contributed by atoms with E-state index in [2.05, 4.69) is 12.2 Å². The van der Waals surface area contributed by atoms with Gasteiger partial charge in [-0.3, -0.25) is 0 Å². The Morgan fingerprint density at radius 3 is 3.14 bits per heavy atom. The first-order valence-corrected chi connectivity index (χ1v) is 4.79. The summed E-state index contributed by atoms with van der Waals surface area (Å²) < 4.78 is 10.4. The molecule has 1 aliphatic heterocycles. The van der Waals surface area contributed by atoms with Crippen molar-refractivity contribution in [1.29, 1.82) is 0 Å². The monoisotopic (exact) mass is 195 g/mol. The van der Waals surface area contributed by atoms with Gasteiger partial charge in [-0.2, -0.15) is 0 Å². The fraction of sp³-hybridized carbons (Fsp3) is 0.500. The maximum atomic E-state index is 11.1. The molecule has 0 aliphatic carbocycles. The molecule has 0 radical (unpaired) electrons. The summed E-state index contributed by atoms with van der Waals surface area (Å²) in [5.74, 6) is 1.02. The summed E-state index contributed by atoms with van der Waals surface area (Å²) in [6.45, 7) is 2.72. The van der Waals surface area contributed by atoms with Crippen LogP contribution in [0, 0.1) is 5.92 Å². The highest BCUT2D eigenvalue weighted by Gasteiger charge is 2.32. The number of hydrogen-bond donors (Lipinski definition) is 1. The van der Waals surface area contributed by atoms with Crippen LogP contribution in [0.4, 0.5) is 4.79 Å². The van der Waals surface area contributed by atoms with Gasteiger partial charge in [0.15, 0.2) is 6.10 Å². The number of carbonyl (C=O) groups excluding carboxylic acids is 1. The molecule has 0 saturated carbocycles. The Kier molecular flexibility index (Phi) is 2.43. The predicted octanol–water partition coefficient (Wildman–Crippen LogP) is 2.09. The molecule has 1 aromatic rings. The molecule has 76 valence electrons. The van der Waals surface area contributed by atoms with E-state index in [-0.39, 0.29) is 12.2 Å². The van der Waals surface area contributed by atoms with Crippen molar-refractivity contribution in [3.63, 3.8) is 0 Å². The zero-order valence-corrected chi connectivity index (χ0v) is 8.03. The first kappa shape index (κ1) is 9.12. The molecule has 0 spiro atoms. The predicted molar refractivity (Wildman–Crippen MR) is 49.7 cm³/mol. The number of rotatable bonds is 2. The number of ether oxygens (including phenoxy) is 1. The molecule has 14 heavy (non-hydrogen) atoms. The van der Waals surface area contributed by atoms with Crippen molar-refractivity contribution < 1.29 is 13.9 Å². The Hall–Kier alpha value is -1.45. The Labute approximate surface area is 82.2 Å². The molecule has 0 unspecified atom stereocenters. The maximum absolute atomic E-state index is 11.1. The van der Waals surface area contributed by atoms with Crippen molar-refractivity contribution in [2.24, 2.45) is 5.92 Å². The summed E-state index contributed by atoms with van der Waals surface area (Å²) in [5.41, 5.74) is 0. The third kappa shape index (κ3) is 1.60. The molecule has 1 fully saturated rings. The average molecular weight is 195 g/mol. The van der Waals surface area contributed by atoms with E-state index in [1.165, 1.54) is 0 Å². The van der Waals surface area contributed by atoms with Gasteiger partial charge in [0.25, 0.3) is 0 Å². The van der Waals surface area contributed by atoms with E-state index in [9.17, 15) is 4.79 Å². The van der Waals surface area contributed by atoms with Crippen LogP contribution in [-0.4, -0.2) is 12.6 Å². The number of hydrogen-bond acceptors (Lipinski definition) is 3. The number of cyclic esters (lactones) is 1. The summed E-state index contributed by atoms with van der Waals surface area (Å²) in [6, 6.07) is 3.64. The normalized spacial score (nSPS) is 26.8. The van der Waals surface area contributed by atoms with Gasteiger partial charge in [-0.25, -0.2) is 4.79 Å². The maximum Gasteiger partial charge on any atom is 0.407 e. The van der Waals surface area contributed by atoms with Crippen LogP contribution in [0.25, 0.3) is 0 Å². The molecule has 0 bridgehead atoms. The topological polar surface area (TPSA) is 51.5 Å². The van der Waals surface area contributed by atoms with Crippen LogP contribution in [0.2, 0.25) is 0 Å². The van der Waals surface area contributed by atoms with Crippen molar-refractivity contribution in [2.75, 3.05) is 6.54 Å². The van der Waals surface area contributed by atoms with E-state index in [0.717, 1.165) is 12.2 Å². The largest absolute Gasteiger partial charge is 0.465 e. The second kappa shape index (κ2) is 3.74. The molecule has 1 amide bonds. The Morgan fingerprint density at radius 2 is 2.50 bits per heavy atom. The fourth-order valence-electron chi connectivity index (χ4n) is 1.68. The van der Waals surface area contributed by atoms with Gasteiger partial charge in [0.05, 0.1) is 6.26 Å². The second-order valence-electron chi connectivity index (χ2n) is 3.39. The SMILES string of the molecule is CC[C@@H]1CNC(=O)O[C@H]1c1ccco1. The van der Waals surface area contributed by atoms with Crippen LogP contribution in [0.3, 0.4) is 0 Å². The van der Waals surface area contributed by atoms with Crippen LogP contribution in [0.15, 0.2) is 22.8 Å². The zero-order valence-electron chi connectivity index (χ0n) is 8.03. The lowest BCUT2D eigenvalue weighted by molar-refractivity contribution is 0.0220. The number of furan rings is 1. The molecular formula is C10H13NO3. The highest BCUT2D eigenvalue weighted by Crippen LogP contribution is 2.30. The number of carbonyl (C=O) groups is 1. The van der Waals surface area contributed by atoms with E-state index in [0.29, 0.717) is 12.5 Å². The van der Waals surface area contributed by atoms with Crippen LogP contribution in [0.1, 0.15) is 25.2 Å². The average Bonchev–Trinajstić information content (AvgIpc) is 2.70. The summed E-state index contributed by atoms with van der Waals surface area (Å²) in [4.78, 5) is 11.1. The van der Waals surface area contributed by atoms with Gasteiger partial charge in [0.1, 0.15) is 5.76 Å². The van der Waals surface area contributed by atoms with E-state index >= 15 is 0 Å². The molecule has 0 aromatic carbocycles. The first-order valence-electron chi connectivity index (χ1n) is 4.79. The van der Waals surface area contributed by atoms with Crippen molar-refractivity contribution >= 4 is 6.09 Å². The smallest absolute Gasteiger partial charge is 0.407 e. The van der Waals surface area contributed by atoms with Gasteiger partial charge in [0.2, 0.25) is 0 Å². The Bertz CT molecular complexity index is 307.